The van der Waals surface area contributed by atoms with Crippen LogP contribution >= 0.6 is 0 Å². The van der Waals surface area contributed by atoms with E-state index in [2.05, 4.69) is 9.47 Å². The summed E-state index contributed by atoms with van der Waals surface area (Å²) in [6.45, 7) is 3.48. The van der Waals surface area contributed by atoms with Gasteiger partial charge in [0.05, 0.1) is 20.6 Å². The maximum atomic E-state index is 11.7. The molecule has 0 bridgehead atoms. The molecule has 98 valence electrons. The standard InChI is InChI=1S/C13H16O5/c1-7-5-9(6-10(14)17-3)11(13(16)18-4)12(15)8(7)2/h5,15H,6H2,1-4H3. The lowest BCUT2D eigenvalue weighted by Crippen LogP contribution is -2.12. The highest BCUT2D eigenvalue weighted by molar-refractivity contribution is 5.96. The monoisotopic (exact) mass is 252 g/mol. The second kappa shape index (κ2) is 5.53. The van der Waals surface area contributed by atoms with Crippen molar-refractivity contribution in [1.29, 1.82) is 0 Å². The van der Waals surface area contributed by atoms with E-state index in [0.29, 0.717) is 11.1 Å². The third-order valence-corrected chi connectivity index (χ3v) is 2.85. The van der Waals surface area contributed by atoms with Crippen molar-refractivity contribution in [3.05, 3.63) is 28.3 Å². The van der Waals surface area contributed by atoms with Gasteiger partial charge in [-0.15, -0.1) is 0 Å². The molecule has 0 atom stereocenters. The van der Waals surface area contributed by atoms with Gasteiger partial charge >= 0.3 is 11.9 Å². The van der Waals surface area contributed by atoms with Crippen LogP contribution < -0.4 is 0 Å². The average molecular weight is 252 g/mol. The minimum absolute atomic E-state index is 0.0194. The Kier molecular flexibility index (Phi) is 4.31. The Labute approximate surface area is 105 Å². The Balaban J connectivity index is 3.39. The average Bonchev–Trinajstić information content (AvgIpc) is 2.35. The van der Waals surface area contributed by atoms with Crippen LogP contribution in [0.15, 0.2) is 6.07 Å². The summed E-state index contributed by atoms with van der Waals surface area (Å²) in [7, 11) is 2.49. The van der Waals surface area contributed by atoms with E-state index in [-0.39, 0.29) is 17.7 Å². The molecular formula is C13H16O5. The molecule has 1 aromatic rings. The number of esters is 2. The number of hydrogen-bond donors (Lipinski definition) is 1. The number of phenols is 1. The molecule has 0 saturated carbocycles. The van der Waals surface area contributed by atoms with Crippen molar-refractivity contribution < 1.29 is 24.2 Å². The number of aromatic hydroxyl groups is 1. The molecular weight excluding hydrogens is 236 g/mol. The van der Waals surface area contributed by atoms with Crippen molar-refractivity contribution in [3.63, 3.8) is 0 Å². The number of methoxy groups -OCH3 is 2. The van der Waals surface area contributed by atoms with E-state index < -0.39 is 11.9 Å². The van der Waals surface area contributed by atoms with Gasteiger partial charge in [-0.2, -0.15) is 0 Å². The van der Waals surface area contributed by atoms with E-state index in [4.69, 9.17) is 0 Å². The van der Waals surface area contributed by atoms with E-state index in [1.54, 1.807) is 19.9 Å². The second-order valence-corrected chi connectivity index (χ2v) is 3.95. The zero-order valence-electron chi connectivity index (χ0n) is 10.9. The van der Waals surface area contributed by atoms with Gasteiger partial charge in [-0.05, 0) is 30.5 Å². The molecule has 0 radical (unpaired) electrons. The first kappa shape index (κ1) is 14.0. The highest BCUT2D eigenvalue weighted by Crippen LogP contribution is 2.29. The van der Waals surface area contributed by atoms with Crippen LogP contribution in [0.25, 0.3) is 0 Å². The molecule has 0 aliphatic rings. The first-order valence-corrected chi connectivity index (χ1v) is 5.39. The van der Waals surface area contributed by atoms with Crippen molar-refractivity contribution in [3.8, 4) is 5.75 Å². The molecule has 0 spiro atoms. The number of aryl methyl sites for hydroxylation is 1. The molecule has 0 amide bonds. The summed E-state index contributed by atoms with van der Waals surface area (Å²) < 4.78 is 9.18. The molecule has 0 aliphatic heterocycles. The first-order chi connectivity index (χ1) is 8.42. The topological polar surface area (TPSA) is 72.8 Å². The lowest BCUT2D eigenvalue weighted by Gasteiger charge is -2.13. The molecule has 18 heavy (non-hydrogen) atoms. The fraction of sp³-hybridized carbons (Fsp3) is 0.385. The second-order valence-electron chi connectivity index (χ2n) is 3.95. The smallest absolute Gasteiger partial charge is 0.341 e. The minimum atomic E-state index is -0.672. The summed E-state index contributed by atoms with van der Waals surface area (Å²) in [5.74, 6) is -1.31. The summed E-state index contributed by atoms with van der Waals surface area (Å²) in [4.78, 5) is 23.0. The zero-order valence-corrected chi connectivity index (χ0v) is 10.9. The number of phenolic OH excluding ortho intramolecular Hbond substituents is 1. The molecule has 1 aromatic carbocycles. The molecule has 1 rings (SSSR count). The van der Waals surface area contributed by atoms with E-state index in [9.17, 15) is 14.7 Å². The molecule has 0 saturated heterocycles. The van der Waals surface area contributed by atoms with Crippen LogP contribution in [0.5, 0.6) is 5.75 Å². The number of rotatable bonds is 3. The first-order valence-electron chi connectivity index (χ1n) is 5.39. The van der Waals surface area contributed by atoms with Crippen molar-refractivity contribution >= 4 is 11.9 Å². The molecule has 0 aliphatic carbocycles. The van der Waals surface area contributed by atoms with E-state index >= 15 is 0 Å². The molecule has 5 nitrogen and oxygen atoms in total. The van der Waals surface area contributed by atoms with Crippen molar-refractivity contribution in [2.45, 2.75) is 20.3 Å². The van der Waals surface area contributed by atoms with Crippen molar-refractivity contribution in [2.24, 2.45) is 0 Å². The van der Waals surface area contributed by atoms with E-state index in [0.717, 1.165) is 5.56 Å². The zero-order chi connectivity index (χ0) is 13.9. The highest BCUT2D eigenvalue weighted by Gasteiger charge is 2.22. The lowest BCUT2D eigenvalue weighted by molar-refractivity contribution is -0.139. The fourth-order valence-electron chi connectivity index (χ4n) is 1.67. The molecule has 0 aromatic heterocycles. The lowest BCUT2D eigenvalue weighted by atomic mass is 9.96. The predicted molar refractivity (Wildman–Crippen MR) is 64.6 cm³/mol. The third kappa shape index (κ3) is 2.61. The van der Waals surface area contributed by atoms with Crippen LogP contribution in [-0.4, -0.2) is 31.3 Å². The van der Waals surface area contributed by atoms with Crippen LogP contribution in [0, 0.1) is 13.8 Å². The molecule has 0 unspecified atom stereocenters. The number of ether oxygens (including phenoxy) is 2. The van der Waals surface area contributed by atoms with Crippen LogP contribution in [0.1, 0.15) is 27.0 Å². The maximum Gasteiger partial charge on any atom is 0.341 e. The van der Waals surface area contributed by atoms with Crippen LogP contribution in [-0.2, 0) is 20.7 Å². The Morgan fingerprint density at radius 2 is 1.83 bits per heavy atom. The number of carbonyl (C=O) groups excluding carboxylic acids is 2. The summed E-state index contributed by atoms with van der Waals surface area (Å²) in [5, 5.41) is 9.99. The molecule has 0 fully saturated rings. The summed E-state index contributed by atoms with van der Waals surface area (Å²) in [5.41, 5.74) is 1.79. The quantitative estimate of drug-likeness (QED) is 0.825. The fourth-order valence-corrected chi connectivity index (χ4v) is 1.67. The van der Waals surface area contributed by atoms with Crippen molar-refractivity contribution in [2.75, 3.05) is 14.2 Å². The molecule has 0 heterocycles. The Morgan fingerprint density at radius 3 is 2.33 bits per heavy atom. The number of carbonyl (C=O) groups is 2. The van der Waals surface area contributed by atoms with Crippen LogP contribution in [0.3, 0.4) is 0 Å². The summed E-state index contributed by atoms with van der Waals surface area (Å²) in [6.07, 6.45) is -0.0877. The van der Waals surface area contributed by atoms with Crippen LogP contribution in [0.4, 0.5) is 0 Å². The van der Waals surface area contributed by atoms with Crippen LogP contribution in [0.2, 0.25) is 0 Å². The van der Waals surface area contributed by atoms with Crippen molar-refractivity contribution in [1.82, 2.24) is 0 Å². The van der Waals surface area contributed by atoms with Gasteiger partial charge in [0.1, 0.15) is 11.3 Å². The van der Waals surface area contributed by atoms with Gasteiger partial charge in [0.15, 0.2) is 0 Å². The number of hydrogen-bond acceptors (Lipinski definition) is 5. The summed E-state index contributed by atoms with van der Waals surface area (Å²) in [6, 6.07) is 1.68. The van der Waals surface area contributed by atoms with Gasteiger partial charge in [0.25, 0.3) is 0 Å². The minimum Gasteiger partial charge on any atom is -0.507 e. The summed E-state index contributed by atoms with van der Waals surface area (Å²) >= 11 is 0. The molecule has 1 N–H and O–H groups in total. The Morgan fingerprint density at radius 1 is 1.22 bits per heavy atom. The largest absolute Gasteiger partial charge is 0.507 e. The SMILES string of the molecule is COC(=O)Cc1cc(C)c(C)c(O)c1C(=O)OC. The van der Waals surface area contributed by atoms with Gasteiger partial charge in [-0.3, -0.25) is 4.79 Å². The Hall–Kier alpha value is -2.04. The van der Waals surface area contributed by atoms with Gasteiger partial charge < -0.3 is 14.6 Å². The predicted octanol–water partition coefficient (Wildman–Crippen LogP) is 1.51. The van der Waals surface area contributed by atoms with Gasteiger partial charge in [0.2, 0.25) is 0 Å². The van der Waals surface area contributed by atoms with Gasteiger partial charge in [0, 0.05) is 0 Å². The van der Waals surface area contributed by atoms with E-state index in [1.165, 1.54) is 14.2 Å². The maximum absolute atomic E-state index is 11.7. The van der Waals surface area contributed by atoms with Gasteiger partial charge in [-0.25, -0.2) is 4.79 Å². The highest BCUT2D eigenvalue weighted by atomic mass is 16.5. The Bertz CT molecular complexity index is 491. The normalized spacial score (nSPS) is 10.0. The molecule has 5 heteroatoms. The van der Waals surface area contributed by atoms with E-state index in [1.807, 2.05) is 0 Å². The third-order valence-electron chi connectivity index (χ3n) is 2.85. The number of benzene rings is 1. The van der Waals surface area contributed by atoms with Gasteiger partial charge in [-0.1, -0.05) is 6.07 Å².